The van der Waals surface area contributed by atoms with Gasteiger partial charge in [0.1, 0.15) is 0 Å². The van der Waals surface area contributed by atoms with Crippen LogP contribution in [0.25, 0.3) is 5.57 Å². The molecule has 5 N–H and O–H groups in total. The Morgan fingerprint density at radius 3 is 2.71 bits per heavy atom. The molecule has 0 saturated carbocycles. The molecule has 0 aliphatic carbocycles. The maximum Gasteiger partial charge on any atom is 0.0982 e. The van der Waals surface area contributed by atoms with Gasteiger partial charge in [-0.3, -0.25) is 0 Å². The van der Waals surface area contributed by atoms with Gasteiger partial charge in [-0.25, -0.2) is 0 Å². The Balaban J connectivity index is 2.60. The molecule has 0 amide bonds. The van der Waals surface area contributed by atoms with Crippen LogP contribution in [0, 0.1) is 11.3 Å². The van der Waals surface area contributed by atoms with Gasteiger partial charge in [-0.05, 0) is 66.6 Å². The van der Waals surface area contributed by atoms with Crippen molar-refractivity contribution in [3.8, 4) is 6.07 Å². The fourth-order valence-corrected chi connectivity index (χ4v) is 2.79. The summed E-state index contributed by atoms with van der Waals surface area (Å²) in [6, 6.07) is 8.35. The second-order valence-corrected chi connectivity index (χ2v) is 6.50. The van der Waals surface area contributed by atoms with E-state index in [1.807, 2.05) is 44.3 Å². The summed E-state index contributed by atoms with van der Waals surface area (Å²) in [4.78, 5) is 0. The average Bonchev–Trinajstić information content (AvgIpc) is 2.46. The molecule has 2 rings (SSSR count). The standard InChI is InChI=1S/C16H19BrN4/c1-16(2,9-19)11-5-10(6-12(17)7-11)13-3-4-21-15(20)14(13)8-18/h3-7,15,21H,8,18,20H2,1-2H3. The lowest BCUT2D eigenvalue weighted by atomic mass is 9.84. The minimum Gasteiger partial charge on any atom is -0.372 e. The molecule has 1 aromatic carbocycles. The molecule has 1 unspecified atom stereocenters. The summed E-state index contributed by atoms with van der Waals surface area (Å²) in [7, 11) is 0. The highest BCUT2D eigenvalue weighted by Gasteiger charge is 2.22. The van der Waals surface area contributed by atoms with Crippen molar-refractivity contribution in [2.24, 2.45) is 11.5 Å². The van der Waals surface area contributed by atoms with Crippen LogP contribution in [-0.2, 0) is 5.41 Å². The highest BCUT2D eigenvalue weighted by molar-refractivity contribution is 9.10. The molecule has 0 radical (unpaired) electrons. The molecule has 1 aliphatic heterocycles. The largest absolute Gasteiger partial charge is 0.372 e. The zero-order valence-corrected chi connectivity index (χ0v) is 13.7. The monoisotopic (exact) mass is 346 g/mol. The Kier molecular flexibility index (Phi) is 4.52. The summed E-state index contributed by atoms with van der Waals surface area (Å²) < 4.78 is 0.933. The number of nitrogens with two attached hydrogens (primary N) is 2. The predicted octanol–water partition coefficient (Wildman–Crippen LogP) is 2.36. The minimum atomic E-state index is -0.555. The number of allylic oxidation sites excluding steroid dienone is 2. The second-order valence-electron chi connectivity index (χ2n) is 5.59. The number of hydrogen-bond acceptors (Lipinski definition) is 4. The lowest BCUT2D eigenvalue weighted by molar-refractivity contribution is 0.676. The zero-order chi connectivity index (χ0) is 15.6. The van der Waals surface area contributed by atoms with E-state index in [9.17, 15) is 5.26 Å². The number of rotatable bonds is 3. The Morgan fingerprint density at radius 1 is 1.38 bits per heavy atom. The Labute approximate surface area is 133 Å². The van der Waals surface area contributed by atoms with Crippen molar-refractivity contribution in [1.29, 1.82) is 5.26 Å². The normalized spacial score (nSPS) is 18.4. The molecule has 1 atom stereocenters. The highest BCUT2D eigenvalue weighted by Crippen LogP contribution is 2.31. The maximum atomic E-state index is 9.34. The second kappa shape index (κ2) is 6.02. The number of dihydropyridines is 1. The molecule has 5 heteroatoms. The van der Waals surface area contributed by atoms with E-state index in [0.717, 1.165) is 26.7 Å². The molecule has 0 spiro atoms. The van der Waals surface area contributed by atoms with Crippen molar-refractivity contribution in [3.63, 3.8) is 0 Å². The van der Waals surface area contributed by atoms with Crippen LogP contribution in [0.1, 0.15) is 25.0 Å². The lowest BCUT2D eigenvalue weighted by Crippen LogP contribution is -2.40. The van der Waals surface area contributed by atoms with Crippen LogP contribution >= 0.6 is 15.9 Å². The molecule has 1 aliphatic rings. The Hall–Kier alpha value is -1.61. The van der Waals surface area contributed by atoms with Crippen LogP contribution in [0.4, 0.5) is 0 Å². The van der Waals surface area contributed by atoms with Gasteiger partial charge in [-0.1, -0.05) is 15.9 Å². The molecule has 0 fully saturated rings. The molecule has 0 saturated heterocycles. The van der Waals surface area contributed by atoms with Gasteiger partial charge in [0.25, 0.3) is 0 Å². The first-order valence-electron chi connectivity index (χ1n) is 6.73. The van der Waals surface area contributed by atoms with Crippen molar-refractivity contribution in [3.05, 3.63) is 51.6 Å². The van der Waals surface area contributed by atoms with Crippen LogP contribution in [0.15, 0.2) is 40.5 Å². The molecule has 0 aromatic heterocycles. The summed E-state index contributed by atoms with van der Waals surface area (Å²) >= 11 is 3.52. The van der Waals surface area contributed by atoms with Crippen molar-refractivity contribution in [1.82, 2.24) is 5.32 Å². The molecular weight excluding hydrogens is 328 g/mol. The van der Waals surface area contributed by atoms with E-state index in [2.05, 4.69) is 27.3 Å². The fourth-order valence-electron chi connectivity index (χ4n) is 2.30. The van der Waals surface area contributed by atoms with Crippen molar-refractivity contribution in [2.45, 2.75) is 25.4 Å². The third-order valence-corrected chi connectivity index (χ3v) is 4.13. The molecule has 21 heavy (non-hydrogen) atoms. The van der Waals surface area contributed by atoms with E-state index in [1.54, 1.807) is 0 Å². The van der Waals surface area contributed by atoms with Crippen LogP contribution in [0.3, 0.4) is 0 Å². The third kappa shape index (κ3) is 3.18. The molecular formula is C16H19BrN4. The van der Waals surface area contributed by atoms with Gasteiger partial charge in [0.2, 0.25) is 0 Å². The Bertz CT molecular complexity index is 653. The topological polar surface area (TPSA) is 87.9 Å². The third-order valence-electron chi connectivity index (χ3n) is 3.68. The van der Waals surface area contributed by atoms with E-state index >= 15 is 0 Å². The maximum absolute atomic E-state index is 9.34. The lowest BCUT2D eigenvalue weighted by Gasteiger charge is -2.24. The molecule has 1 aromatic rings. The average molecular weight is 347 g/mol. The number of hydrogen-bond donors (Lipinski definition) is 3. The molecule has 110 valence electrons. The van der Waals surface area contributed by atoms with Crippen molar-refractivity contribution >= 4 is 21.5 Å². The quantitative estimate of drug-likeness (QED) is 0.783. The van der Waals surface area contributed by atoms with Gasteiger partial charge in [-0.15, -0.1) is 0 Å². The number of nitrogens with zero attached hydrogens (tertiary/aromatic N) is 1. The summed E-state index contributed by atoms with van der Waals surface area (Å²) in [5.41, 5.74) is 15.3. The Morgan fingerprint density at radius 2 is 2.10 bits per heavy atom. The number of benzene rings is 1. The summed E-state index contributed by atoms with van der Waals surface area (Å²) in [5, 5.41) is 12.4. The highest BCUT2D eigenvalue weighted by atomic mass is 79.9. The van der Waals surface area contributed by atoms with E-state index in [4.69, 9.17) is 11.5 Å². The fraction of sp³-hybridized carbons (Fsp3) is 0.312. The van der Waals surface area contributed by atoms with Gasteiger partial charge in [0.15, 0.2) is 0 Å². The van der Waals surface area contributed by atoms with Crippen LogP contribution in [0.2, 0.25) is 0 Å². The zero-order valence-electron chi connectivity index (χ0n) is 12.2. The van der Waals surface area contributed by atoms with Gasteiger partial charge < -0.3 is 16.8 Å². The minimum absolute atomic E-state index is 0.276. The van der Waals surface area contributed by atoms with E-state index < -0.39 is 5.41 Å². The first kappa shape index (κ1) is 15.8. The smallest absolute Gasteiger partial charge is 0.0982 e. The molecule has 0 bridgehead atoms. The SMILES string of the molecule is CC(C)(C#N)c1cc(Br)cc(C2=C(CN)C(N)NC=C2)c1. The van der Waals surface area contributed by atoms with Crippen LogP contribution in [0.5, 0.6) is 0 Å². The molecule has 4 nitrogen and oxygen atoms in total. The van der Waals surface area contributed by atoms with E-state index in [0.29, 0.717) is 6.54 Å². The van der Waals surface area contributed by atoms with E-state index in [1.165, 1.54) is 0 Å². The summed E-state index contributed by atoms with van der Waals surface area (Å²) in [6.07, 6.45) is 3.52. The first-order valence-corrected chi connectivity index (χ1v) is 7.52. The first-order chi connectivity index (χ1) is 9.89. The van der Waals surface area contributed by atoms with Crippen LogP contribution in [-0.4, -0.2) is 12.7 Å². The number of nitriles is 1. The van der Waals surface area contributed by atoms with E-state index in [-0.39, 0.29) is 6.17 Å². The summed E-state index contributed by atoms with van der Waals surface area (Å²) in [5.74, 6) is 0. The number of nitrogens with one attached hydrogen (secondary N) is 1. The molecule has 1 heterocycles. The van der Waals surface area contributed by atoms with Crippen LogP contribution < -0.4 is 16.8 Å². The van der Waals surface area contributed by atoms with Gasteiger partial charge in [0, 0.05) is 11.0 Å². The van der Waals surface area contributed by atoms with Gasteiger partial charge >= 0.3 is 0 Å². The predicted molar refractivity (Wildman–Crippen MR) is 89.0 cm³/mol. The van der Waals surface area contributed by atoms with Gasteiger partial charge in [-0.2, -0.15) is 5.26 Å². The van der Waals surface area contributed by atoms with Crippen molar-refractivity contribution in [2.75, 3.05) is 6.54 Å². The van der Waals surface area contributed by atoms with Gasteiger partial charge in [0.05, 0.1) is 17.6 Å². The summed E-state index contributed by atoms with van der Waals surface area (Å²) in [6.45, 7) is 4.19. The van der Waals surface area contributed by atoms with Crippen molar-refractivity contribution < 1.29 is 0 Å². The number of halogens is 1.